The van der Waals surface area contributed by atoms with Crippen LogP contribution < -0.4 is 0 Å². The van der Waals surface area contributed by atoms with E-state index in [2.05, 4.69) is 0 Å². The van der Waals surface area contributed by atoms with Gasteiger partial charge in [0, 0.05) is 12.8 Å². The molecule has 15 heteroatoms. The third-order valence-corrected chi connectivity index (χ3v) is 4.55. The first-order valence-electron chi connectivity index (χ1n) is 11.1. The highest BCUT2D eigenvalue weighted by atomic mass is 16.6. The predicted octanol–water partition coefficient (Wildman–Crippen LogP) is 2.67. The van der Waals surface area contributed by atoms with Gasteiger partial charge in [-0.1, -0.05) is 0 Å². The Hall–Kier alpha value is -5.34. The molecule has 3 heterocycles. The lowest BCUT2D eigenvalue weighted by Gasteiger charge is -2.05. The number of esters is 4. The molecule has 0 saturated heterocycles. The Morgan fingerprint density at radius 1 is 0.462 bits per heavy atom. The second-order valence-electron chi connectivity index (χ2n) is 7.35. The zero-order chi connectivity index (χ0) is 28.4. The van der Waals surface area contributed by atoms with Crippen molar-refractivity contribution in [2.75, 3.05) is 26.4 Å². The van der Waals surface area contributed by atoms with Crippen molar-refractivity contribution in [3.8, 4) is 0 Å². The molecule has 206 valence electrons. The monoisotopic (exact) mass is 548 g/mol. The SMILES string of the molecule is O=C(O)c1ccc(C(=O)OCCCOC(=O)c2ccc(C(=O)OCCCOC(=O)c3ccc(C(=O)O)o3)o2)o1. The lowest BCUT2D eigenvalue weighted by atomic mass is 10.4. The molecule has 39 heavy (non-hydrogen) atoms. The van der Waals surface area contributed by atoms with Gasteiger partial charge >= 0.3 is 35.8 Å². The van der Waals surface area contributed by atoms with Crippen molar-refractivity contribution in [1.82, 2.24) is 0 Å². The molecule has 0 aromatic carbocycles. The molecule has 0 unspecified atom stereocenters. The number of ether oxygens (including phenoxy) is 4. The summed E-state index contributed by atoms with van der Waals surface area (Å²) in [6.45, 7) is -0.602. The Bertz CT molecular complexity index is 1250. The molecule has 15 nitrogen and oxygen atoms in total. The van der Waals surface area contributed by atoms with Gasteiger partial charge in [-0.25, -0.2) is 28.8 Å². The quantitative estimate of drug-likeness (QED) is 0.168. The van der Waals surface area contributed by atoms with E-state index in [4.69, 9.17) is 42.4 Å². The molecule has 0 aliphatic carbocycles. The zero-order valence-electron chi connectivity index (χ0n) is 19.9. The van der Waals surface area contributed by atoms with Gasteiger partial charge in [0.15, 0.2) is 0 Å². The number of rotatable bonds is 14. The van der Waals surface area contributed by atoms with E-state index in [0.717, 1.165) is 24.3 Å². The van der Waals surface area contributed by atoms with Gasteiger partial charge in [-0.3, -0.25) is 0 Å². The highest BCUT2D eigenvalue weighted by Crippen LogP contribution is 2.13. The first-order valence-corrected chi connectivity index (χ1v) is 11.1. The van der Waals surface area contributed by atoms with Crippen LogP contribution in [0, 0.1) is 0 Å². The van der Waals surface area contributed by atoms with Crippen LogP contribution in [0.1, 0.15) is 76.2 Å². The molecule has 0 bridgehead atoms. The zero-order valence-corrected chi connectivity index (χ0v) is 19.9. The molecular weight excluding hydrogens is 528 g/mol. The van der Waals surface area contributed by atoms with Crippen molar-refractivity contribution in [2.24, 2.45) is 0 Å². The van der Waals surface area contributed by atoms with Crippen LogP contribution in [0.2, 0.25) is 0 Å². The normalized spacial score (nSPS) is 10.5. The van der Waals surface area contributed by atoms with Gasteiger partial charge in [-0.15, -0.1) is 0 Å². The molecule has 0 aliphatic heterocycles. The molecule has 0 fully saturated rings. The molecular formula is C24H20O15. The van der Waals surface area contributed by atoms with Gasteiger partial charge in [-0.2, -0.15) is 0 Å². The van der Waals surface area contributed by atoms with E-state index in [9.17, 15) is 28.8 Å². The van der Waals surface area contributed by atoms with Crippen LogP contribution in [-0.2, 0) is 18.9 Å². The number of carbonyl (C=O) groups excluding carboxylic acids is 4. The molecule has 3 aromatic heterocycles. The lowest BCUT2D eigenvalue weighted by Crippen LogP contribution is -2.11. The van der Waals surface area contributed by atoms with Crippen molar-refractivity contribution in [3.05, 3.63) is 71.0 Å². The largest absolute Gasteiger partial charge is 0.475 e. The number of carboxylic acids is 2. The smallest absolute Gasteiger partial charge is 0.374 e. The second kappa shape index (κ2) is 13.3. The fourth-order valence-electron chi connectivity index (χ4n) is 2.74. The van der Waals surface area contributed by atoms with Crippen molar-refractivity contribution >= 4 is 35.8 Å². The average molecular weight is 548 g/mol. The van der Waals surface area contributed by atoms with Crippen molar-refractivity contribution in [2.45, 2.75) is 12.8 Å². The number of carboxylic acid groups (broad SMARTS) is 2. The molecule has 3 rings (SSSR count). The van der Waals surface area contributed by atoms with Crippen LogP contribution in [0.25, 0.3) is 0 Å². The van der Waals surface area contributed by atoms with Crippen LogP contribution in [0.15, 0.2) is 49.6 Å². The first-order chi connectivity index (χ1) is 18.7. The van der Waals surface area contributed by atoms with E-state index >= 15 is 0 Å². The van der Waals surface area contributed by atoms with Gasteiger partial charge in [-0.05, 0) is 36.4 Å². The van der Waals surface area contributed by atoms with Gasteiger partial charge < -0.3 is 42.4 Å². The summed E-state index contributed by atoms with van der Waals surface area (Å²) in [5.74, 6) is -8.14. The van der Waals surface area contributed by atoms with Crippen molar-refractivity contribution in [1.29, 1.82) is 0 Å². The minimum atomic E-state index is -1.33. The molecule has 0 spiro atoms. The predicted molar refractivity (Wildman–Crippen MR) is 120 cm³/mol. The van der Waals surface area contributed by atoms with Gasteiger partial charge in [0.1, 0.15) is 0 Å². The van der Waals surface area contributed by atoms with Crippen LogP contribution in [0.3, 0.4) is 0 Å². The van der Waals surface area contributed by atoms with E-state index < -0.39 is 47.3 Å². The van der Waals surface area contributed by atoms with Crippen molar-refractivity contribution < 1.29 is 71.2 Å². The maximum absolute atomic E-state index is 12.0. The summed E-state index contributed by atoms with van der Waals surface area (Å²) in [7, 11) is 0. The number of aromatic carboxylic acids is 2. The summed E-state index contributed by atoms with van der Waals surface area (Å²) in [4.78, 5) is 69.1. The Morgan fingerprint density at radius 3 is 0.923 bits per heavy atom. The average Bonchev–Trinajstić information content (AvgIpc) is 3.68. The minimum Gasteiger partial charge on any atom is -0.475 e. The Balaban J connectivity index is 1.30. The molecule has 0 aliphatic rings. The highest BCUT2D eigenvalue weighted by Gasteiger charge is 2.20. The van der Waals surface area contributed by atoms with E-state index in [-0.39, 0.29) is 62.3 Å². The summed E-state index contributed by atoms with van der Waals surface area (Å²) in [5, 5.41) is 17.5. The summed E-state index contributed by atoms with van der Waals surface area (Å²) in [5.41, 5.74) is 0. The van der Waals surface area contributed by atoms with Crippen LogP contribution in [0.4, 0.5) is 0 Å². The topological polar surface area (TPSA) is 219 Å². The summed E-state index contributed by atoms with van der Waals surface area (Å²) < 4.78 is 34.4. The molecule has 0 saturated carbocycles. The molecule has 0 amide bonds. The number of furan rings is 3. The first kappa shape index (κ1) is 28.2. The maximum Gasteiger partial charge on any atom is 0.374 e. The Morgan fingerprint density at radius 2 is 0.692 bits per heavy atom. The van der Waals surface area contributed by atoms with Gasteiger partial charge in [0.25, 0.3) is 0 Å². The standard InChI is InChI=1S/C24H20O15/c25-19(26)13-3-5-15(37-13)21(29)33-9-1-11-35-23(31)17-7-8-18(39-17)24(32)36-12-2-10-34-22(30)16-6-4-14(38-16)20(27)28/h3-8H,1-2,9-12H2,(H,25,26)(H,27,28). The Kier molecular flexibility index (Phi) is 9.61. The van der Waals surface area contributed by atoms with E-state index in [1.165, 1.54) is 12.1 Å². The van der Waals surface area contributed by atoms with E-state index in [1.54, 1.807) is 0 Å². The molecule has 2 N–H and O–H groups in total. The fraction of sp³-hybridized carbons (Fsp3) is 0.250. The summed E-state index contributed by atoms with van der Waals surface area (Å²) in [6, 6.07) is 6.92. The molecule has 0 atom stereocenters. The van der Waals surface area contributed by atoms with Crippen molar-refractivity contribution in [3.63, 3.8) is 0 Å². The second-order valence-corrected chi connectivity index (χ2v) is 7.35. The number of carbonyl (C=O) groups is 6. The fourth-order valence-corrected chi connectivity index (χ4v) is 2.74. The maximum atomic E-state index is 12.0. The van der Waals surface area contributed by atoms with Crippen LogP contribution in [0.5, 0.6) is 0 Å². The highest BCUT2D eigenvalue weighted by molar-refractivity contribution is 5.91. The lowest BCUT2D eigenvalue weighted by molar-refractivity contribution is 0.0350. The summed E-state index contributed by atoms with van der Waals surface area (Å²) in [6.07, 6.45) is 0.232. The third kappa shape index (κ3) is 8.08. The van der Waals surface area contributed by atoms with Crippen LogP contribution in [-0.4, -0.2) is 72.5 Å². The van der Waals surface area contributed by atoms with Gasteiger partial charge in [0.2, 0.25) is 34.6 Å². The van der Waals surface area contributed by atoms with Crippen LogP contribution >= 0.6 is 0 Å². The Labute approximate surface area is 217 Å². The minimum absolute atomic E-state index is 0.116. The molecule has 0 radical (unpaired) electrons. The number of hydrogen-bond acceptors (Lipinski definition) is 13. The third-order valence-electron chi connectivity index (χ3n) is 4.55. The van der Waals surface area contributed by atoms with Gasteiger partial charge in [0.05, 0.1) is 26.4 Å². The van der Waals surface area contributed by atoms with E-state index in [0.29, 0.717) is 0 Å². The number of hydrogen-bond donors (Lipinski definition) is 2. The summed E-state index contributed by atoms with van der Waals surface area (Å²) >= 11 is 0. The molecule has 3 aromatic rings. The van der Waals surface area contributed by atoms with E-state index in [1.807, 2.05) is 0 Å².